The standard InChI is InChI=1S/C28H40N4O2/c1-18-10-19(2)15-31(14-18)26-12-22(5)24-13-23(6-7-25(24)30-26)29-27(33)8-9-28(34)32-16-20(3)11-21(4)17-32/h6-7,12-13,18-21H,8-11,14-17H2,1-5H3,(H,29,33)/t18-,19-,20-,21+/m1/s1. The second-order valence-corrected chi connectivity index (χ2v) is 11.2. The van der Waals surface area contributed by atoms with Crippen LogP contribution in [0.15, 0.2) is 24.3 Å². The molecule has 184 valence electrons. The van der Waals surface area contributed by atoms with Crippen LogP contribution in [-0.2, 0) is 9.59 Å². The van der Waals surface area contributed by atoms with Crippen molar-refractivity contribution >= 4 is 34.2 Å². The maximum absolute atomic E-state index is 12.6. The summed E-state index contributed by atoms with van der Waals surface area (Å²) in [6.45, 7) is 14.8. The van der Waals surface area contributed by atoms with E-state index in [1.54, 1.807) is 0 Å². The highest BCUT2D eigenvalue weighted by Gasteiger charge is 2.26. The van der Waals surface area contributed by atoms with Crippen LogP contribution in [0.5, 0.6) is 0 Å². The van der Waals surface area contributed by atoms with Gasteiger partial charge in [-0.3, -0.25) is 9.59 Å². The third kappa shape index (κ3) is 5.89. The van der Waals surface area contributed by atoms with E-state index in [0.29, 0.717) is 23.7 Å². The van der Waals surface area contributed by atoms with Crippen molar-refractivity contribution in [2.75, 3.05) is 36.4 Å². The summed E-state index contributed by atoms with van der Waals surface area (Å²) in [5.74, 6) is 3.40. The number of piperidine rings is 2. The zero-order valence-electron chi connectivity index (χ0n) is 21.4. The first-order valence-electron chi connectivity index (χ1n) is 12.9. The average Bonchev–Trinajstić information content (AvgIpc) is 2.76. The van der Waals surface area contributed by atoms with E-state index in [4.69, 9.17) is 4.98 Å². The number of pyridine rings is 1. The van der Waals surface area contributed by atoms with E-state index in [1.165, 1.54) is 6.42 Å². The number of rotatable bonds is 5. The van der Waals surface area contributed by atoms with E-state index < -0.39 is 0 Å². The number of carbonyl (C=O) groups is 2. The van der Waals surface area contributed by atoms with Gasteiger partial charge in [0.15, 0.2) is 0 Å². The van der Waals surface area contributed by atoms with Crippen LogP contribution in [-0.4, -0.2) is 47.9 Å². The second kappa shape index (κ2) is 10.3. The van der Waals surface area contributed by atoms with Gasteiger partial charge in [-0.2, -0.15) is 0 Å². The lowest BCUT2D eigenvalue weighted by molar-refractivity contribution is -0.135. The molecular formula is C28H40N4O2. The minimum Gasteiger partial charge on any atom is -0.356 e. The summed E-state index contributed by atoms with van der Waals surface area (Å²) in [5, 5.41) is 4.03. The Hall–Kier alpha value is -2.63. The van der Waals surface area contributed by atoms with Gasteiger partial charge in [-0.05, 0) is 73.3 Å². The molecule has 0 saturated carbocycles. The van der Waals surface area contributed by atoms with Crippen molar-refractivity contribution in [3.63, 3.8) is 0 Å². The van der Waals surface area contributed by atoms with Crippen molar-refractivity contribution < 1.29 is 9.59 Å². The molecule has 2 saturated heterocycles. The minimum absolute atomic E-state index is 0.0842. The van der Waals surface area contributed by atoms with Crippen molar-refractivity contribution in [2.45, 2.75) is 60.3 Å². The SMILES string of the molecule is Cc1cc(N2C[C@H](C)C[C@@H](C)C2)nc2ccc(NC(=O)CCC(=O)N3C[C@H](C)C[C@H](C)C3)cc12. The number of fused-ring (bicyclic) bond motifs is 1. The van der Waals surface area contributed by atoms with Gasteiger partial charge in [-0.15, -0.1) is 0 Å². The van der Waals surface area contributed by atoms with Crippen molar-refractivity contribution in [2.24, 2.45) is 23.7 Å². The highest BCUT2D eigenvalue weighted by atomic mass is 16.2. The molecule has 0 radical (unpaired) electrons. The number of hydrogen-bond acceptors (Lipinski definition) is 4. The highest BCUT2D eigenvalue weighted by molar-refractivity contribution is 5.96. The Labute approximate surface area is 204 Å². The first-order valence-corrected chi connectivity index (χ1v) is 12.9. The lowest BCUT2D eigenvalue weighted by Crippen LogP contribution is -2.42. The maximum atomic E-state index is 12.6. The summed E-state index contributed by atoms with van der Waals surface area (Å²) in [4.78, 5) is 34.4. The van der Waals surface area contributed by atoms with Crippen LogP contribution >= 0.6 is 0 Å². The van der Waals surface area contributed by atoms with Gasteiger partial charge in [0.25, 0.3) is 0 Å². The molecule has 2 amide bonds. The van der Waals surface area contributed by atoms with Crippen LogP contribution in [0.25, 0.3) is 10.9 Å². The number of aromatic nitrogens is 1. The summed E-state index contributed by atoms with van der Waals surface area (Å²) in [7, 11) is 0. The Bertz CT molecular complexity index is 1030. The third-order valence-electron chi connectivity index (χ3n) is 7.27. The van der Waals surface area contributed by atoms with Crippen LogP contribution in [0, 0.1) is 30.6 Å². The van der Waals surface area contributed by atoms with Crippen molar-refractivity contribution in [1.82, 2.24) is 9.88 Å². The smallest absolute Gasteiger partial charge is 0.224 e. The van der Waals surface area contributed by atoms with E-state index in [0.717, 1.165) is 60.6 Å². The summed E-state index contributed by atoms with van der Waals surface area (Å²) < 4.78 is 0. The molecule has 0 bridgehead atoms. The molecule has 2 fully saturated rings. The fraction of sp³-hybridized carbons (Fsp3) is 0.607. The first-order chi connectivity index (χ1) is 16.2. The van der Waals surface area contributed by atoms with Gasteiger partial charge in [0, 0.05) is 50.1 Å². The molecule has 2 aliphatic rings. The van der Waals surface area contributed by atoms with Gasteiger partial charge in [0.2, 0.25) is 11.8 Å². The molecule has 3 heterocycles. The molecule has 2 aromatic rings. The number of nitrogens with zero attached hydrogens (tertiary/aromatic N) is 3. The number of nitrogens with one attached hydrogen (secondary N) is 1. The van der Waals surface area contributed by atoms with Crippen LogP contribution in [0.4, 0.5) is 11.5 Å². The molecule has 1 aromatic carbocycles. The molecule has 4 rings (SSSR count). The van der Waals surface area contributed by atoms with Gasteiger partial charge in [-0.1, -0.05) is 27.7 Å². The summed E-state index contributed by atoms with van der Waals surface area (Å²) >= 11 is 0. The molecule has 0 aliphatic carbocycles. The molecule has 4 atom stereocenters. The van der Waals surface area contributed by atoms with E-state index >= 15 is 0 Å². The summed E-state index contributed by atoms with van der Waals surface area (Å²) in [6.07, 6.45) is 2.90. The Kier molecular flexibility index (Phi) is 7.44. The molecule has 1 N–H and O–H groups in total. The first kappa shape index (κ1) is 24.5. The van der Waals surface area contributed by atoms with Crippen LogP contribution in [0.3, 0.4) is 0 Å². The van der Waals surface area contributed by atoms with Crippen molar-refractivity contribution in [1.29, 1.82) is 0 Å². The number of carbonyl (C=O) groups excluding carboxylic acids is 2. The monoisotopic (exact) mass is 464 g/mol. The van der Waals surface area contributed by atoms with Crippen LogP contribution in [0.2, 0.25) is 0 Å². The average molecular weight is 465 g/mol. The van der Waals surface area contributed by atoms with Gasteiger partial charge in [-0.25, -0.2) is 4.98 Å². The van der Waals surface area contributed by atoms with E-state index in [-0.39, 0.29) is 24.7 Å². The quantitative estimate of drug-likeness (QED) is 0.656. The topological polar surface area (TPSA) is 65.5 Å². The maximum Gasteiger partial charge on any atom is 0.224 e. The molecule has 2 aliphatic heterocycles. The van der Waals surface area contributed by atoms with Gasteiger partial charge in [0.1, 0.15) is 5.82 Å². The van der Waals surface area contributed by atoms with E-state index in [1.807, 2.05) is 23.1 Å². The molecule has 6 nitrogen and oxygen atoms in total. The molecule has 0 unspecified atom stereocenters. The van der Waals surface area contributed by atoms with E-state index in [9.17, 15) is 9.59 Å². The Morgan fingerprint density at radius 3 is 2.18 bits per heavy atom. The molecule has 6 heteroatoms. The lowest BCUT2D eigenvalue weighted by atomic mass is 9.91. The molecule has 0 spiro atoms. The van der Waals surface area contributed by atoms with Gasteiger partial charge >= 0.3 is 0 Å². The summed E-state index contributed by atoms with van der Waals surface area (Å²) in [6, 6.07) is 8.06. The number of hydrogen-bond donors (Lipinski definition) is 1. The lowest BCUT2D eigenvalue weighted by Gasteiger charge is -2.36. The normalized spacial score (nSPS) is 25.4. The number of aryl methyl sites for hydroxylation is 1. The zero-order chi connectivity index (χ0) is 24.4. The van der Waals surface area contributed by atoms with Gasteiger partial charge < -0.3 is 15.1 Å². The van der Waals surface area contributed by atoms with E-state index in [2.05, 4.69) is 50.9 Å². The van der Waals surface area contributed by atoms with Crippen molar-refractivity contribution in [3.05, 3.63) is 29.8 Å². The number of anilines is 2. The Morgan fingerprint density at radius 2 is 1.53 bits per heavy atom. The Balaban J connectivity index is 1.38. The Morgan fingerprint density at radius 1 is 0.912 bits per heavy atom. The number of likely N-dealkylation sites (tertiary alicyclic amines) is 1. The number of benzene rings is 1. The molecular weight excluding hydrogens is 424 g/mol. The van der Waals surface area contributed by atoms with Crippen LogP contribution < -0.4 is 10.2 Å². The van der Waals surface area contributed by atoms with Crippen LogP contribution in [0.1, 0.15) is 58.9 Å². The minimum atomic E-state index is -0.121. The number of amides is 2. The second-order valence-electron chi connectivity index (χ2n) is 11.2. The largest absolute Gasteiger partial charge is 0.356 e. The molecule has 1 aromatic heterocycles. The third-order valence-corrected chi connectivity index (χ3v) is 7.27. The van der Waals surface area contributed by atoms with Crippen molar-refractivity contribution in [3.8, 4) is 0 Å². The highest BCUT2D eigenvalue weighted by Crippen LogP contribution is 2.29. The predicted molar refractivity (Wildman–Crippen MR) is 139 cm³/mol. The molecule has 34 heavy (non-hydrogen) atoms. The summed E-state index contributed by atoms with van der Waals surface area (Å²) in [5.41, 5.74) is 2.86. The fourth-order valence-electron chi connectivity index (χ4n) is 5.93. The predicted octanol–water partition coefficient (Wildman–Crippen LogP) is 5.25. The zero-order valence-corrected chi connectivity index (χ0v) is 21.4. The van der Waals surface area contributed by atoms with Gasteiger partial charge in [0.05, 0.1) is 5.52 Å². The fourth-order valence-corrected chi connectivity index (χ4v) is 5.93.